The summed E-state index contributed by atoms with van der Waals surface area (Å²) < 4.78 is 28.9. The van der Waals surface area contributed by atoms with Gasteiger partial charge in [-0.05, 0) is 33.8 Å². The first-order valence-electron chi connectivity index (χ1n) is 7.83. The molecule has 0 aliphatic heterocycles. The van der Waals surface area contributed by atoms with Gasteiger partial charge >= 0.3 is 0 Å². The first-order chi connectivity index (χ1) is 11.2. The minimum absolute atomic E-state index is 0.204. The fourth-order valence-corrected chi connectivity index (χ4v) is 2.71. The van der Waals surface area contributed by atoms with Crippen LogP contribution in [0.2, 0.25) is 0 Å². The fraction of sp³-hybridized carbons (Fsp3) is 0.562. The maximum Gasteiger partial charge on any atom is 0.280 e. The standard InChI is InChI=1S/C16H23F2N5O/c1-6-22-12(4)13(11(3)20-22)8-21(5)15(24)9-23-14(16(17)18)7-10(2)19-23/h7,16H,6,8-9H2,1-5H3. The van der Waals surface area contributed by atoms with Gasteiger partial charge in [0.1, 0.15) is 12.2 Å². The van der Waals surface area contributed by atoms with E-state index in [4.69, 9.17) is 0 Å². The number of likely N-dealkylation sites (N-methyl/N-ethyl adjacent to an activating group) is 1. The smallest absolute Gasteiger partial charge is 0.280 e. The Hall–Kier alpha value is -2.25. The predicted octanol–water partition coefficient (Wildman–Crippen LogP) is 2.62. The van der Waals surface area contributed by atoms with Crippen LogP contribution in [0.15, 0.2) is 6.07 Å². The summed E-state index contributed by atoms with van der Waals surface area (Å²) in [6.45, 7) is 8.44. The van der Waals surface area contributed by atoms with Gasteiger partial charge in [0, 0.05) is 31.4 Å². The number of hydrogen-bond donors (Lipinski definition) is 0. The van der Waals surface area contributed by atoms with Gasteiger partial charge in [-0.2, -0.15) is 10.2 Å². The number of rotatable bonds is 6. The highest BCUT2D eigenvalue weighted by atomic mass is 19.3. The van der Waals surface area contributed by atoms with Crippen LogP contribution in [-0.2, 0) is 24.4 Å². The van der Waals surface area contributed by atoms with Crippen LogP contribution in [0.5, 0.6) is 0 Å². The van der Waals surface area contributed by atoms with Crippen molar-refractivity contribution in [3.05, 3.63) is 34.4 Å². The van der Waals surface area contributed by atoms with E-state index in [-0.39, 0.29) is 18.1 Å². The number of carbonyl (C=O) groups excluding carboxylic acids is 1. The normalized spacial score (nSPS) is 11.3. The molecule has 0 radical (unpaired) electrons. The van der Waals surface area contributed by atoms with Gasteiger partial charge in [0.25, 0.3) is 6.43 Å². The lowest BCUT2D eigenvalue weighted by molar-refractivity contribution is -0.131. The second-order valence-electron chi connectivity index (χ2n) is 5.88. The van der Waals surface area contributed by atoms with Crippen molar-refractivity contribution in [2.24, 2.45) is 0 Å². The number of carbonyl (C=O) groups is 1. The summed E-state index contributed by atoms with van der Waals surface area (Å²) in [5.41, 5.74) is 3.10. The Labute approximate surface area is 140 Å². The lowest BCUT2D eigenvalue weighted by Crippen LogP contribution is -2.31. The number of hydrogen-bond acceptors (Lipinski definition) is 3. The van der Waals surface area contributed by atoms with Crippen LogP contribution >= 0.6 is 0 Å². The molecule has 2 aromatic rings. The molecule has 0 spiro atoms. The van der Waals surface area contributed by atoms with Gasteiger partial charge in [-0.1, -0.05) is 0 Å². The zero-order chi connectivity index (χ0) is 18.0. The van der Waals surface area contributed by atoms with Gasteiger partial charge in [-0.15, -0.1) is 0 Å². The van der Waals surface area contributed by atoms with Crippen LogP contribution in [0.4, 0.5) is 8.78 Å². The van der Waals surface area contributed by atoms with Crippen LogP contribution in [0.25, 0.3) is 0 Å². The lowest BCUT2D eigenvalue weighted by Gasteiger charge is -2.18. The fourth-order valence-electron chi connectivity index (χ4n) is 2.71. The molecule has 0 unspecified atom stereocenters. The van der Waals surface area contributed by atoms with E-state index in [9.17, 15) is 13.6 Å². The highest BCUT2D eigenvalue weighted by Gasteiger charge is 2.20. The number of alkyl halides is 2. The van der Waals surface area contributed by atoms with Crippen LogP contribution in [-0.4, -0.2) is 37.4 Å². The monoisotopic (exact) mass is 339 g/mol. The van der Waals surface area contributed by atoms with E-state index in [1.54, 1.807) is 14.0 Å². The van der Waals surface area contributed by atoms with Gasteiger partial charge in [-0.25, -0.2) is 8.78 Å². The molecule has 0 aliphatic carbocycles. The molecular formula is C16H23F2N5O. The summed E-state index contributed by atoms with van der Waals surface area (Å²) in [7, 11) is 1.66. The molecule has 0 saturated heterocycles. The van der Waals surface area contributed by atoms with Crippen molar-refractivity contribution in [1.29, 1.82) is 0 Å². The van der Waals surface area contributed by atoms with E-state index in [0.29, 0.717) is 12.2 Å². The molecule has 2 heterocycles. The zero-order valence-electron chi connectivity index (χ0n) is 14.7. The quantitative estimate of drug-likeness (QED) is 0.813. The number of aromatic nitrogens is 4. The average Bonchev–Trinajstić information content (AvgIpc) is 3.01. The van der Waals surface area contributed by atoms with Gasteiger partial charge in [0.15, 0.2) is 0 Å². The van der Waals surface area contributed by atoms with Gasteiger partial charge < -0.3 is 4.90 Å². The molecule has 0 N–H and O–H groups in total. The SMILES string of the molecule is CCn1nc(C)c(CN(C)C(=O)Cn2nc(C)cc2C(F)F)c1C. The third kappa shape index (κ3) is 3.63. The Bertz CT molecular complexity index is 735. The third-order valence-corrected chi connectivity index (χ3v) is 4.09. The largest absolute Gasteiger partial charge is 0.340 e. The summed E-state index contributed by atoms with van der Waals surface area (Å²) in [5.74, 6) is -0.275. The summed E-state index contributed by atoms with van der Waals surface area (Å²) in [6.07, 6.45) is -2.66. The Balaban J connectivity index is 2.12. The Morgan fingerprint density at radius 2 is 1.92 bits per heavy atom. The maximum atomic E-state index is 13.0. The van der Waals surface area contributed by atoms with Crippen molar-refractivity contribution in [2.75, 3.05) is 7.05 Å². The highest BCUT2D eigenvalue weighted by molar-refractivity contribution is 5.75. The van der Waals surface area contributed by atoms with E-state index in [2.05, 4.69) is 10.2 Å². The topological polar surface area (TPSA) is 56.0 Å². The maximum absolute atomic E-state index is 13.0. The van der Waals surface area contributed by atoms with Crippen molar-refractivity contribution >= 4 is 5.91 Å². The van der Waals surface area contributed by atoms with Crippen molar-refractivity contribution in [1.82, 2.24) is 24.5 Å². The van der Waals surface area contributed by atoms with Crippen LogP contribution < -0.4 is 0 Å². The van der Waals surface area contributed by atoms with E-state index in [1.807, 2.05) is 25.5 Å². The molecule has 0 fully saturated rings. The molecule has 6 nitrogen and oxygen atoms in total. The Kier molecular flexibility index (Phi) is 5.36. The highest BCUT2D eigenvalue weighted by Crippen LogP contribution is 2.20. The van der Waals surface area contributed by atoms with Crippen LogP contribution in [0.3, 0.4) is 0 Å². The summed E-state index contributed by atoms with van der Waals surface area (Å²) in [6, 6.07) is 1.30. The molecule has 0 bridgehead atoms. The molecule has 2 rings (SSSR count). The zero-order valence-corrected chi connectivity index (χ0v) is 14.7. The summed E-state index contributed by atoms with van der Waals surface area (Å²) in [5, 5.41) is 8.41. The molecule has 1 amide bonds. The van der Waals surface area contributed by atoms with E-state index >= 15 is 0 Å². The molecular weight excluding hydrogens is 316 g/mol. The minimum atomic E-state index is -2.66. The second kappa shape index (κ2) is 7.11. The van der Waals surface area contributed by atoms with Gasteiger partial charge in [0.05, 0.1) is 11.4 Å². The van der Waals surface area contributed by atoms with E-state index in [1.165, 1.54) is 11.0 Å². The second-order valence-corrected chi connectivity index (χ2v) is 5.88. The van der Waals surface area contributed by atoms with Gasteiger partial charge in [-0.3, -0.25) is 14.2 Å². The Morgan fingerprint density at radius 3 is 2.46 bits per heavy atom. The molecule has 132 valence electrons. The number of halogens is 2. The number of aryl methyl sites for hydroxylation is 3. The van der Waals surface area contributed by atoms with Crippen LogP contribution in [0, 0.1) is 20.8 Å². The summed E-state index contributed by atoms with van der Waals surface area (Å²) in [4.78, 5) is 13.9. The Morgan fingerprint density at radius 1 is 1.25 bits per heavy atom. The molecule has 0 aromatic carbocycles. The summed E-state index contributed by atoms with van der Waals surface area (Å²) >= 11 is 0. The number of nitrogens with zero attached hydrogens (tertiary/aromatic N) is 5. The first kappa shape index (κ1) is 18.1. The van der Waals surface area contributed by atoms with Crippen molar-refractivity contribution in [3.63, 3.8) is 0 Å². The van der Waals surface area contributed by atoms with Crippen LogP contribution in [0.1, 0.15) is 41.7 Å². The van der Waals surface area contributed by atoms with Crippen molar-refractivity contribution in [3.8, 4) is 0 Å². The van der Waals surface area contributed by atoms with E-state index < -0.39 is 6.43 Å². The number of amides is 1. The minimum Gasteiger partial charge on any atom is -0.340 e. The third-order valence-electron chi connectivity index (χ3n) is 4.09. The van der Waals surface area contributed by atoms with Crippen molar-refractivity contribution < 1.29 is 13.6 Å². The molecule has 0 saturated carbocycles. The molecule has 0 aliphatic rings. The molecule has 0 atom stereocenters. The van der Waals surface area contributed by atoms with Gasteiger partial charge in [0.2, 0.25) is 5.91 Å². The van der Waals surface area contributed by atoms with Crippen molar-refractivity contribution in [2.45, 2.75) is 53.8 Å². The first-order valence-corrected chi connectivity index (χ1v) is 7.83. The molecule has 8 heteroatoms. The average molecular weight is 339 g/mol. The predicted molar refractivity (Wildman–Crippen MR) is 85.8 cm³/mol. The molecule has 24 heavy (non-hydrogen) atoms. The van der Waals surface area contributed by atoms with E-state index in [0.717, 1.165) is 28.2 Å². The lowest BCUT2D eigenvalue weighted by atomic mass is 10.2. The molecule has 2 aromatic heterocycles.